The molecule has 33 heavy (non-hydrogen) atoms. The largest absolute Gasteiger partial charge is 0.496 e. The van der Waals surface area contributed by atoms with E-state index in [2.05, 4.69) is 10.3 Å². The standard InChI is InChI=1S/C23H24FN3O4S2/c1-4-27(5-2)33(29,30)18-10-6-16(7-11-18)8-13-22(28)26-23-25-20(15-32-23)19-14-17(24)9-12-21(19)31-3/h6-15H,4-5H2,1-3H3,(H,25,26,28)/b13-8+. The van der Waals surface area contributed by atoms with Crippen molar-refractivity contribution in [3.63, 3.8) is 0 Å². The molecular weight excluding hydrogens is 465 g/mol. The number of carbonyl (C=O) groups is 1. The third kappa shape index (κ3) is 5.84. The van der Waals surface area contributed by atoms with Crippen molar-refractivity contribution in [3.05, 3.63) is 65.3 Å². The van der Waals surface area contributed by atoms with Crippen LogP contribution in [0.4, 0.5) is 9.52 Å². The highest BCUT2D eigenvalue weighted by atomic mass is 32.2. The molecule has 0 spiro atoms. The number of rotatable bonds is 9. The highest BCUT2D eigenvalue weighted by Crippen LogP contribution is 2.32. The number of nitrogens with one attached hydrogen (secondary N) is 1. The maximum atomic E-state index is 13.6. The minimum atomic E-state index is -3.53. The molecule has 0 bridgehead atoms. The summed E-state index contributed by atoms with van der Waals surface area (Å²) in [5, 5.41) is 4.72. The first-order valence-corrected chi connectivity index (χ1v) is 12.5. The van der Waals surface area contributed by atoms with Crippen LogP contribution in [0.2, 0.25) is 0 Å². The number of carbonyl (C=O) groups excluding carboxylic acids is 1. The van der Waals surface area contributed by atoms with Crippen LogP contribution in [-0.2, 0) is 14.8 Å². The second-order valence-corrected chi connectivity index (χ2v) is 9.66. The van der Waals surface area contributed by atoms with Crippen LogP contribution in [-0.4, -0.2) is 43.8 Å². The van der Waals surface area contributed by atoms with Crippen LogP contribution < -0.4 is 10.1 Å². The SMILES string of the molecule is CCN(CC)S(=O)(=O)c1ccc(/C=C/C(=O)Nc2nc(-c3cc(F)ccc3OC)cs2)cc1. The van der Waals surface area contributed by atoms with E-state index in [4.69, 9.17) is 4.74 Å². The summed E-state index contributed by atoms with van der Waals surface area (Å²) in [6, 6.07) is 10.5. The number of halogens is 1. The van der Waals surface area contributed by atoms with Gasteiger partial charge in [0.05, 0.1) is 17.7 Å². The lowest BCUT2D eigenvalue weighted by Gasteiger charge is -2.18. The average molecular weight is 490 g/mol. The van der Waals surface area contributed by atoms with Crippen molar-refractivity contribution in [3.8, 4) is 17.0 Å². The van der Waals surface area contributed by atoms with Crippen molar-refractivity contribution < 1.29 is 22.3 Å². The number of sulfonamides is 1. The van der Waals surface area contributed by atoms with Crippen LogP contribution in [0.15, 0.2) is 58.8 Å². The Kier molecular flexibility index (Phi) is 7.96. The van der Waals surface area contributed by atoms with Crippen molar-refractivity contribution in [1.29, 1.82) is 0 Å². The maximum absolute atomic E-state index is 13.6. The van der Waals surface area contributed by atoms with Crippen LogP contribution in [0, 0.1) is 5.82 Å². The lowest BCUT2D eigenvalue weighted by molar-refractivity contribution is -0.111. The first kappa shape index (κ1) is 24.6. The number of aromatic nitrogens is 1. The van der Waals surface area contributed by atoms with Crippen molar-refractivity contribution in [1.82, 2.24) is 9.29 Å². The van der Waals surface area contributed by atoms with Gasteiger partial charge in [-0.3, -0.25) is 10.1 Å². The van der Waals surface area contributed by atoms with Crippen LogP contribution in [0.25, 0.3) is 17.3 Å². The Morgan fingerprint density at radius 3 is 2.52 bits per heavy atom. The Morgan fingerprint density at radius 1 is 1.18 bits per heavy atom. The smallest absolute Gasteiger partial charge is 0.250 e. The third-order valence-corrected chi connectivity index (χ3v) is 7.64. The van der Waals surface area contributed by atoms with Gasteiger partial charge in [-0.2, -0.15) is 4.31 Å². The summed E-state index contributed by atoms with van der Waals surface area (Å²) in [6.07, 6.45) is 2.91. The van der Waals surface area contributed by atoms with E-state index in [-0.39, 0.29) is 4.90 Å². The van der Waals surface area contributed by atoms with Crippen LogP contribution in [0.3, 0.4) is 0 Å². The zero-order chi connectivity index (χ0) is 24.0. The van der Waals surface area contributed by atoms with E-state index >= 15 is 0 Å². The van der Waals surface area contributed by atoms with E-state index in [0.29, 0.717) is 40.8 Å². The second kappa shape index (κ2) is 10.7. The number of nitrogens with zero attached hydrogens (tertiary/aromatic N) is 2. The van der Waals surface area contributed by atoms with Gasteiger partial charge < -0.3 is 4.74 Å². The van der Waals surface area contributed by atoms with Gasteiger partial charge in [0.25, 0.3) is 0 Å². The highest BCUT2D eigenvalue weighted by molar-refractivity contribution is 7.89. The van der Waals surface area contributed by atoms with Gasteiger partial charge in [-0.1, -0.05) is 26.0 Å². The Balaban J connectivity index is 1.67. The van der Waals surface area contributed by atoms with E-state index in [1.807, 2.05) is 0 Å². The van der Waals surface area contributed by atoms with Crippen molar-refractivity contribution in [2.75, 3.05) is 25.5 Å². The van der Waals surface area contributed by atoms with E-state index < -0.39 is 21.7 Å². The van der Waals surface area contributed by atoms with Gasteiger partial charge in [-0.15, -0.1) is 11.3 Å². The molecule has 1 N–H and O–H groups in total. The molecule has 7 nitrogen and oxygen atoms in total. The van der Waals surface area contributed by atoms with Gasteiger partial charge in [-0.05, 0) is 42.0 Å². The number of hydrogen-bond acceptors (Lipinski definition) is 6. The van der Waals surface area contributed by atoms with E-state index in [1.54, 1.807) is 37.4 Å². The predicted octanol–water partition coefficient (Wildman–Crippen LogP) is 4.64. The molecule has 2 aromatic carbocycles. The molecule has 1 aromatic heterocycles. The van der Waals surface area contributed by atoms with Crippen molar-refractivity contribution in [2.24, 2.45) is 0 Å². The molecule has 0 aliphatic rings. The summed E-state index contributed by atoms with van der Waals surface area (Å²) >= 11 is 1.20. The van der Waals surface area contributed by atoms with E-state index in [1.165, 1.54) is 59.2 Å². The summed E-state index contributed by atoms with van der Waals surface area (Å²) < 4.78 is 45.3. The molecule has 3 aromatic rings. The lowest BCUT2D eigenvalue weighted by Crippen LogP contribution is -2.30. The molecule has 0 aliphatic carbocycles. The van der Waals surface area contributed by atoms with Gasteiger partial charge in [0.2, 0.25) is 15.9 Å². The Labute approximate surface area is 196 Å². The molecule has 10 heteroatoms. The molecule has 174 valence electrons. The average Bonchev–Trinajstić information content (AvgIpc) is 3.27. The topological polar surface area (TPSA) is 88.6 Å². The fourth-order valence-electron chi connectivity index (χ4n) is 3.12. The first-order valence-electron chi connectivity index (χ1n) is 10.2. The number of ether oxygens (including phenoxy) is 1. The first-order chi connectivity index (χ1) is 15.8. The fraction of sp³-hybridized carbons (Fsp3) is 0.217. The molecular formula is C23H24FN3O4S2. The second-order valence-electron chi connectivity index (χ2n) is 6.86. The van der Waals surface area contributed by atoms with Crippen molar-refractivity contribution in [2.45, 2.75) is 18.7 Å². The van der Waals surface area contributed by atoms with Gasteiger partial charge in [-0.25, -0.2) is 17.8 Å². The monoisotopic (exact) mass is 489 g/mol. The molecule has 0 saturated carbocycles. The quantitative estimate of drug-likeness (QED) is 0.443. The Hall–Kier alpha value is -3.08. The lowest BCUT2D eigenvalue weighted by atomic mass is 10.1. The van der Waals surface area contributed by atoms with E-state index in [9.17, 15) is 17.6 Å². The van der Waals surface area contributed by atoms with Crippen LogP contribution in [0.1, 0.15) is 19.4 Å². The summed E-state index contributed by atoms with van der Waals surface area (Å²) in [6.45, 7) is 4.36. The number of amides is 1. The summed E-state index contributed by atoms with van der Waals surface area (Å²) in [7, 11) is -2.04. The van der Waals surface area contributed by atoms with Crippen LogP contribution >= 0.6 is 11.3 Å². The van der Waals surface area contributed by atoms with Gasteiger partial charge >= 0.3 is 0 Å². The van der Waals surface area contributed by atoms with Gasteiger partial charge in [0.15, 0.2) is 5.13 Å². The molecule has 0 radical (unpaired) electrons. The summed E-state index contributed by atoms with van der Waals surface area (Å²) in [5.74, 6) is -0.337. The molecule has 0 fully saturated rings. The minimum absolute atomic E-state index is 0.205. The Bertz CT molecular complexity index is 1250. The fourth-order valence-corrected chi connectivity index (χ4v) is 5.29. The van der Waals surface area contributed by atoms with Gasteiger partial charge in [0.1, 0.15) is 11.6 Å². The summed E-state index contributed by atoms with van der Waals surface area (Å²) in [4.78, 5) is 16.8. The van der Waals surface area contributed by atoms with Gasteiger partial charge in [0, 0.05) is 30.1 Å². The summed E-state index contributed by atoms with van der Waals surface area (Å²) in [5.41, 5.74) is 1.65. The molecule has 0 saturated heterocycles. The number of hydrogen-bond donors (Lipinski definition) is 1. The maximum Gasteiger partial charge on any atom is 0.250 e. The molecule has 0 atom stereocenters. The minimum Gasteiger partial charge on any atom is -0.496 e. The van der Waals surface area contributed by atoms with Crippen molar-refractivity contribution >= 4 is 38.5 Å². The molecule has 0 aliphatic heterocycles. The predicted molar refractivity (Wildman–Crippen MR) is 128 cm³/mol. The normalized spacial score (nSPS) is 11.8. The molecule has 0 unspecified atom stereocenters. The number of methoxy groups -OCH3 is 1. The number of benzene rings is 2. The zero-order valence-electron chi connectivity index (χ0n) is 18.4. The molecule has 3 rings (SSSR count). The zero-order valence-corrected chi connectivity index (χ0v) is 20.0. The molecule has 1 heterocycles. The van der Waals surface area contributed by atoms with E-state index in [0.717, 1.165) is 0 Å². The number of anilines is 1. The molecule has 1 amide bonds. The third-order valence-electron chi connectivity index (χ3n) is 4.82. The highest BCUT2D eigenvalue weighted by Gasteiger charge is 2.21. The number of thiazole rings is 1. The van der Waals surface area contributed by atoms with Crippen LogP contribution in [0.5, 0.6) is 5.75 Å². The Morgan fingerprint density at radius 2 is 1.88 bits per heavy atom.